The maximum atomic E-state index is 12.4. The molecule has 0 bridgehead atoms. The number of halogens is 3. The van der Waals surface area contributed by atoms with Crippen molar-refractivity contribution in [3.8, 4) is 0 Å². The molecule has 1 nitrogen and oxygen atoms in total. The van der Waals surface area contributed by atoms with Gasteiger partial charge in [-0.3, -0.25) is 0 Å². The fourth-order valence-electron chi connectivity index (χ4n) is 1.26. The van der Waals surface area contributed by atoms with E-state index < -0.39 is 11.7 Å². The highest BCUT2D eigenvalue weighted by Gasteiger charge is 2.33. The van der Waals surface area contributed by atoms with Gasteiger partial charge in [0.15, 0.2) is 0 Å². The maximum Gasteiger partial charge on any atom is 0.417 e. The first kappa shape index (κ1) is 8.62. The molecule has 0 aromatic carbocycles. The molecule has 2 aromatic heterocycles. The normalized spacial score (nSPS) is 12.6. The average molecular weight is 205 g/mol. The fraction of sp³-hybridized carbons (Fsp3) is 0.250. The molecule has 0 fully saturated rings. The third kappa shape index (κ3) is 1.33. The monoisotopic (exact) mass is 205 g/mol. The number of aromatic amines is 1. The highest BCUT2D eigenvalue weighted by molar-refractivity contribution is 7.17. The lowest BCUT2D eigenvalue weighted by atomic mass is 10.2. The van der Waals surface area contributed by atoms with Gasteiger partial charge in [0.1, 0.15) is 4.83 Å². The van der Waals surface area contributed by atoms with Gasteiger partial charge in [-0.25, -0.2) is 0 Å². The Morgan fingerprint density at radius 3 is 2.69 bits per heavy atom. The molecule has 0 saturated heterocycles. The number of fused-ring (bicyclic) bond motifs is 1. The van der Waals surface area contributed by atoms with Crippen molar-refractivity contribution in [1.82, 2.24) is 4.98 Å². The van der Waals surface area contributed by atoms with Gasteiger partial charge in [-0.2, -0.15) is 13.2 Å². The van der Waals surface area contributed by atoms with Gasteiger partial charge in [0.2, 0.25) is 0 Å². The van der Waals surface area contributed by atoms with Gasteiger partial charge in [-0.1, -0.05) is 0 Å². The zero-order valence-corrected chi connectivity index (χ0v) is 7.51. The number of aromatic nitrogens is 1. The summed E-state index contributed by atoms with van der Waals surface area (Å²) in [6.45, 7) is 1.74. The largest absolute Gasteiger partial charge is 0.417 e. The van der Waals surface area contributed by atoms with Crippen LogP contribution in [0.5, 0.6) is 0 Å². The number of thiophene rings is 1. The van der Waals surface area contributed by atoms with E-state index in [1.807, 2.05) is 0 Å². The SMILES string of the molecule is Cc1cc2c(C(F)(F)F)csc2[nH]1. The van der Waals surface area contributed by atoms with Crippen molar-refractivity contribution in [2.75, 3.05) is 0 Å². The van der Waals surface area contributed by atoms with E-state index in [-0.39, 0.29) is 5.39 Å². The highest BCUT2D eigenvalue weighted by atomic mass is 32.1. The Morgan fingerprint density at radius 2 is 2.08 bits per heavy atom. The Morgan fingerprint density at radius 1 is 1.38 bits per heavy atom. The van der Waals surface area contributed by atoms with Gasteiger partial charge in [-0.15, -0.1) is 11.3 Å². The Hall–Kier alpha value is -0.970. The van der Waals surface area contributed by atoms with Crippen LogP contribution in [-0.2, 0) is 6.18 Å². The minimum Gasteiger partial charge on any atom is -0.350 e. The summed E-state index contributed by atoms with van der Waals surface area (Å²) in [6.07, 6.45) is -4.24. The van der Waals surface area contributed by atoms with E-state index in [4.69, 9.17) is 0 Å². The van der Waals surface area contributed by atoms with Crippen molar-refractivity contribution in [3.63, 3.8) is 0 Å². The molecule has 0 saturated carbocycles. The van der Waals surface area contributed by atoms with Crippen molar-refractivity contribution in [3.05, 3.63) is 22.7 Å². The molecular formula is C8H6F3NS. The van der Waals surface area contributed by atoms with Gasteiger partial charge in [-0.05, 0) is 13.0 Å². The molecule has 0 amide bonds. The van der Waals surface area contributed by atoms with Crippen LogP contribution in [0.4, 0.5) is 13.2 Å². The van der Waals surface area contributed by atoms with Crippen LogP contribution in [0, 0.1) is 6.92 Å². The zero-order chi connectivity index (χ0) is 9.64. The Labute approximate surface area is 76.2 Å². The number of hydrogen-bond donors (Lipinski definition) is 1. The number of hydrogen-bond acceptors (Lipinski definition) is 1. The topological polar surface area (TPSA) is 15.8 Å². The smallest absolute Gasteiger partial charge is 0.350 e. The summed E-state index contributed by atoms with van der Waals surface area (Å²) in [5, 5.41) is 1.41. The Bertz CT molecular complexity index is 438. The van der Waals surface area contributed by atoms with E-state index in [1.54, 1.807) is 6.92 Å². The third-order valence-corrected chi connectivity index (χ3v) is 2.72. The lowest BCUT2D eigenvalue weighted by Crippen LogP contribution is -2.02. The molecule has 70 valence electrons. The molecule has 0 atom stereocenters. The van der Waals surface area contributed by atoms with Crippen molar-refractivity contribution >= 4 is 21.6 Å². The number of alkyl halides is 3. The Kier molecular flexibility index (Phi) is 1.66. The molecule has 0 aliphatic carbocycles. The molecule has 0 unspecified atom stereocenters. The maximum absolute atomic E-state index is 12.4. The van der Waals surface area contributed by atoms with Crippen LogP contribution < -0.4 is 0 Å². The molecule has 5 heteroatoms. The number of H-pyrrole nitrogens is 1. The van der Waals surface area contributed by atoms with E-state index in [0.717, 1.165) is 22.4 Å². The summed E-state index contributed by atoms with van der Waals surface area (Å²) < 4.78 is 37.1. The molecule has 0 spiro atoms. The van der Waals surface area contributed by atoms with Crippen LogP contribution in [-0.4, -0.2) is 4.98 Å². The standard InChI is InChI=1S/C8H6F3NS/c1-4-2-5-6(8(9,10)11)3-13-7(5)12-4/h2-3,12H,1H3. The lowest BCUT2D eigenvalue weighted by Gasteiger charge is -2.01. The van der Waals surface area contributed by atoms with E-state index >= 15 is 0 Å². The minimum atomic E-state index is -4.24. The predicted octanol–water partition coefficient (Wildman–Crippen LogP) is 3.56. The molecule has 1 N–H and O–H groups in total. The molecule has 0 aliphatic rings. The predicted molar refractivity (Wildman–Crippen MR) is 45.9 cm³/mol. The molecule has 2 heterocycles. The molecular weight excluding hydrogens is 199 g/mol. The van der Waals surface area contributed by atoms with E-state index in [2.05, 4.69) is 4.98 Å². The molecule has 2 aromatic rings. The fourth-order valence-corrected chi connectivity index (χ4v) is 2.27. The van der Waals surface area contributed by atoms with Crippen LogP contribution in [0.2, 0.25) is 0 Å². The lowest BCUT2D eigenvalue weighted by molar-refractivity contribution is -0.136. The second-order valence-electron chi connectivity index (χ2n) is 2.84. The van der Waals surface area contributed by atoms with Crippen LogP contribution >= 0.6 is 11.3 Å². The highest BCUT2D eigenvalue weighted by Crippen LogP contribution is 2.38. The molecule has 0 radical (unpaired) electrons. The number of aryl methyl sites for hydroxylation is 1. The molecule has 2 rings (SSSR count). The van der Waals surface area contributed by atoms with Crippen molar-refractivity contribution < 1.29 is 13.2 Å². The van der Waals surface area contributed by atoms with Crippen LogP contribution in [0.1, 0.15) is 11.3 Å². The summed E-state index contributed by atoms with van der Waals surface area (Å²) in [7, 11) is 0. The van der Waals surface area contributed by atoms with Gasteiger partial charge in [0.25, 0.3) is 0 Å². The zero-order valence-electron chi connectivity index (χ0n) is 6.70. The molecule has 0 aliphatic heterocycles. The summed E-state index contributed by atoms with van der Waals surface area (Å²) in [4.78, 5) is 3.46. The van der Waals surface area contributed by atoms with Crippen molar-refractivity contribution in [1.29, 1.82) is 0 Å². The summed E-state index contributed by atoms with van der Waals surface area (Å²) in [5.74, 6) is 0. The van der Waals surface area contributed by atoms with Crippen LogP contribution in [0.3, 0.4) is 0 Å². The first-order valence-corrected chi connectivity index (χ1v) is 4.50. The van der Waals surface area contributed by atoms with Gasteiger partial charge in [0, 0.05) is 16.5 Å². The van der Waals surface area contributed by atoms with Crippen molar-refractivity contribution in [2.45, 2.75) is 13.1 Å². The Balaban J connectivity index is 2.70. The second-order valence-corrected chi connectivity index (χ2v) is 3.72. The average Bonchev–Trinajstić information content (AvgIpc) is 2.41. The van der Waals surface area contributed by atoms with Gasteiger partial charge < -0.3 is 4.98 Å². The summed E-state index contributed by atoms with van der Waals surface area (Å²) in [5.41, 5.74) is 0.212. The van der Waals surface area contributed by atoms with Gasteiger partial charge in [0.05, 0.1) is 5.56 Å². The van der Waals surface area contributed by atoms with E-state index in [9.17, 15) is 13.2 Å². The minimum absolute atomic E-state index is 0.273. The summed E-state index contributed by atoms with van der Waals surface area (Å²) in [6, 6.07) is 1.52. The first-order chi connectivity index (χ1) is 5.98. The van der Waals surface area contributed by atoms with Gasteiger partial charge >= 0.3 is 6.18 Å². The number of rotatable bonds is 0. The van der Waals surface area contributed by atoms with E-state index in [1.165, 1.54) is 6.07 Å². The van der Waals surface area contributed by atoms with E-state index in [0.29, 0.717) is 4.83 Å². The van der Waals surface area contributed by atoms with Crippen LogP contribution in [0.25, 0.3) is 10.2 Å². The quantitative estimate of drug-likeness (QED) is 0.676. The first-order valence-electron chi connectivity index (χ1n) is 3.62. The van der Waals surface area contributed by atoms with Crippen LogP contribution in [0.15, 0.2) is 11.4 Å². The van der Waals surface area contributed by atoms with Crippen molar-refractivity contribution in [2.24, 2.45) is 0 Å². The second kappa shape index (κ2) is 2.51. The third-order valence-electron chi connectivity index (χ3n) is 1.81. The number of nitrogens with one attached hydrogen (secondary N) is 1. The summed E-state index contributed by atoms with van der Waals surface area (Å²) >= 11 is 1.09. The molecule has 13 heavy (non-hydrogen) atoms.